The van der Waals surface area contributed by atoms with Crippen LogP contribution in [0.15, 0.2) is 46.9 Å². The number of halogens is 1. The number of ether oxygens (including phenoxy) is 1. The van der Waals surface area contributed by atoms with Gasteiger partial charge >= 0.3 is 0 Å². The summed E-state index contributed by atoms with van der Waals surface area (Å²) >= 11 is 3.49. The molecule has 0 spiro atoms. The second-order valence-corrected chi connectivity index (χ2v) is 9.20. The van der Waals surface area contributed by atoms with E-state index in [1.807, 2.05) is 12.1 Å². The quantitative estimate of drug-likeness (QED) is 0.638. The van der Waals surface area contributed by atoms with Crippen LogP contribution in [0.3, 0.4) is 0 Å². The third-order valence-electron chi connectivity index (χ3n) is 6.06. The van der Waals surface area contributed by atoms with E-state index in [2.05, 4.69) is 56.5 Å². The van der Waals surface area contributed by atoms with Gasteiger partial charge < -0.3 is 20.1 Å². The average Bonchev–Trinajstić information content (AvgIpc) is 2.76. The van der Waals surface area contributed by atoms with Gasteiger partial charge in [0.25, 0.3) is 0 Å². The number of carbonyl (C=O) groups excluding carboxylic acids is 1. The molecule has 2 aromatic rings. The summed E-state index contributed by atoms with van der Waals surface area (Å²) in [6, 6.07) is 14.5. The van der Waals surface area contributed by atoms with Gasteiger partial charge in [-0.25, -0.2) is 0 Å². The number of likely N-dealkylation sites (tertiary alicyclic amines) is 1. The van der Waals surface area contributed by atoms with Crippen molar-refractivity contribution in [2.45, 2.75) is 38.2 Å². The largest absolute Gasteiger partial charge is 0.490 e. The molecule has 2 aliphatic rings. The molecule has 0 aliphatic carbocycles. The second kappa shape index (κ2) is 9.94. The number of hydrogen-bond donors (Lipinski definition) is 2. The Balaban J connectivity index is 1.24. The highest BCUT2D eigenvalue weighted by molar-refractivity contribution is 9.10. The zero-order valence-corrected chi connectivity index (χ0v) is 18.7. The van der Waals surface area contributed by atoms with Crippen LogP contribution in [-0.2, 0) is 17.6 Å². The molecular weight excluding hydrogens is 444 g/mol. The predicted octanol–water partition coefficient (Wildman–Crippen LogP) is 4.03. The van der Waals surface area contributed by atoms with Crippen molar-refractivity contribution in [3.63, 3.8) is 0 Å². The Hall–Kier alpha value is -1.89. The van der Waals surface area contributed by atoms with Gasteiger partial charge in [-0.05, 0) is 78.3 Å². The molecule has 2 aliphatic heterocycles. The van der Waals surface area contributed by atoms with Gasteiger partial charge in [0.2, 0.25) is 5.91 Å². The number of nitrogens with one attached hydrogen (secondary N) is 1. The zero-order valence-electron chi connectivity index (χ0n) is 17.1. The Morgan fingerprint density at radius 3 is 2.67 bits per heavy atom. The summed E-state index contributed by atoms with van der Waals surface area (Å²) in [5, 5.41) is 13.4. The second-order valence-electron chi connectivity index (χ2n) is 8.35. The maximum atomic E-state index is 11.7. The molecule has 1 saturated heterocycles. The van der Waals surface area contributed by atoms with E-state index >= 15 is 0 Å². The van der Waals surface area contributed by atoms with Crippen LogP contribution in [0, 0.1) is 5.92 Å². The summed E-state index contributed by atoms with van der Waals surface area (Å²) in [6.45, 7) is 2.93. The van der Waals surface area contributed by atoms with E-state index < -0.39 is 6.10 Å². The van der Waals surface area contributed by atoms with Gasteiger partial charge in [-0.1, -0.05) is 30.3 Å². The molecule has 30 heavy (non-hydrogen) atoms. The fourth-order valence-electron chi connectivity index (χ4n) is 4.42. The van der Waals surface area contributed by atoms with Gasteiger partial charge in [0.15, 0.2) is 0 Å². The number of hydrogen-bond acceptors (Lipinski definition) is 4. The molecule has 0 aromatic heterocycles. The fourth-order valence-corrected chi connectivity index (χ4v) is 4.89. The Kier molecular flexibility index (Phi) is 7.08. The Labute approximate surface area is 186 Å². The molecule has 2 aromatic carbocycles. The van der Waals surface area contributed by atoms with Crippen LogP contribution >= 0.6 is 15.9 Å². The lowest BCUT2D eigenvalue weighted by atomic mass is 9.90. The smallest absolute Gasteiger partial charge is 0.224 e. The lowest BCUT2D eigenvalue weighted by Gasteiger charge is -2.33. The van der Waals surface area contributed by atoms with Crippen LogP contribution in [0.4, 0.5) is 5.69 Å². The number of fused-ring (bicyclic) bond motifs is 1. The van der Waals surface area contributed by atoms with Gasteiger partial charge in [0.1, 0.15) is 18.5 Å². The molecule has 5 nitrogen and oxygen atoms in total. The van der Waals surface area contributed by atoms with E-state index in [9.17, 15) is 9.90 Å². The standard InChI is InChI=1S/C24H29BrN2O3/c25-21-7-8-22(20-6-9-23(29)26-24(20)21)30-16-19(28)15-27-12-10-18(11-13-27)14-17-4-2-1-3-5-17/h1-5,7-8,18-19,28H,6,9-16H2,(H,26,29). The van der Waals surface area contributed by atoms with Crippen molar-refractivity contribution in [2.75, 3.05) is 31.6 Å². The van der Waals surface area contributed by atoms with Gasteiger partial charge in [0.05, 0.1) is 5.69 Å². The number of β-amino-alcohol motifs (C(OH)–C–C–N with tert-alkyl or cyclic N) is 1. The predicted molar refractivity (Wildman–Crippen MR) is 122 cm³/mol. The molecule has 1 atom stereocenters. The summed E-state index contributed by atoms with van der Waals surface area (Å²) in [5.74, 6) is 1.49. The highest BCUT2D eigenvalue weighted by Crippen LogP contribution is 2.37. The minimum absolute atomic E-state index is 0.0241. The molecule has 2 N–H and O–H groups in total. The number of aliphatic hydroxyl groups is 1. The molecule has 0 saturated carbocycles. The number of amides is 1. The maximum Gasteiger partial charge on any atom is 0.224 e. The van der Waals surface area contributed by atoms with Crippen molar-refractivity contribution < 1.29 is 14.6 Å². The Morgan fingerprint density at radius 2 is 1.90 bits per heavy atom. The maximum absolute atomic E-state index is 11.7. The molecule has 4 rings (SSSR count). The molecule has 1 unspecified atom stereocenters. The summed E-state index contributed by atoms with van der Waals surface area (Å²) < 4.78 is 6.81. The van der Waals surface area contributed by atoms with Crippen LogP contribution < -0.4 is 10.1 Å². The van der Waals surface area contributed by atoms with Crippen molar-refractivity contribution in [3.05, 3.63) is 58.1 Å². The fraction of sp³-hybridized carbons (Fsp3) is 0.458. The number of piperidine rings is 1. The lowest BCUT2D eigenvalue weighted by molar-refractivity contribution is -0.116. The highest BCUT2D eigenvalue weighted by atomic mass is 79.9. The molecular formula is C24H29BrN2O3. The van der Waals surface area contributed by atoms with Crippen molar-refractivity contribution in [1.29, 1.82) is 0 Å². The van der Waals surface area contributed by atoms with Crippen LogP contribution in [-0.4, -0.2) is 48.3 Å². The molecule has 0 radical (unpaired) electrons. The highest BCUT2D eigenvalue weighted by Gasteiger charge is 2.23. The number of benzene rings is 2. The molecule has 6 heteroatoms. The van der Waals surface area contributed by atoms with Crippen LogP contribution in [0.25, 0.3) is 0 Å². The Morgan fingerprint density at radius 1 is 1.13 bits per heavy atom. The van der Waals surface area contributed by atoms with Crippen LogP contribution in [0.5, 0.6) is 5.75 Å². The third kappa shape index (κ3) is 5.42. The van der Waals surface area contributed by atoms with Gasteiger partial charge in [0, 0.05) is 23.0 Å². The first-order valence-electron chi connectivity index (χ1n) is 10.8. The summed E-state index contributed by atoms with van der Waals surface area (Å²) in [7, 11) is 0. The van der Waals surface area contributed by atoms with Gasteiger partial charge in [-0.3, -0.25) is 4.79 Å². The third-order valence-corrected chi connectivity index (χ3v) is 6.72. The van der Waals surface area contributed by atoms with E-state index in [0.29, 0.717) is 19.4 Å². The first-order chi connectivity index (χ1) is 14.6. The molecule has 2 heterocycles. The minimum atomic E-state index is -0.534. The number of aliphatic hydroxyl groups excluding tert-OH is 1. The van der Waals surface area contributed by atoms with E-state index in [1.165, 1.54) is 18.4 Å². The number of nitrogens with zero attached hydrogens (tertiary/aromatic N) is 1. The summed E-state index contributed by atoms with van der Waals surface area (Å²) in [6.07, 6.45) is 4.06. The van der Waals surface area contributed by atoms with Gasteiger partial charge in [-0.2, -0.15) is 0 Å². The number of anilines is 1. The molecule has 0 bridgehead atoms. The SMILES string of the molecule is O=C1CCc2c(OCC(O)CN3CCC(Cc4ccccc4)CC3)ccc(Br)c2N1. The van der Waals surface area contributed by atoms with Crippen molar-refractivity contribution in [2.24, 2.45) is 5.92 Å². The van der Waals surface area contributed by atoms with E-state index in [-0.39, 0.29) is 12.5 Å². The molecule has 160 valence electrons. The Bertz CT molecular complexity index is 866. The van der Waals surface area contributed by atoms with E-state index in [0.717, 1.165) is 46.9 Å². The van der Waals surface area contributed by atoms with Gasteiger partial charge in [-0.15, -0.1) is 0 Å². The average molecular weight is 473 g/mol. The first-order valence-corrected chi connectivity index (χ1v) is 11.6. The number of rotatable bonds is 7. The summed E-state index contributed by atoms with van der Waals surface area (Å²) in [4.78, 5) is 14.0. The van der Waals surface area contributed by atoms with Crippen LogP contribution in [0.2, 0.25) is 0 Å². The van der Waals surface area contributed by atoms with Crippen molar-refractivity contribution >= 4 is 27.5 Å². The van der Waals surface area contributed by atoms with E-state index in [1.54, 1.807) is 0 Å². The monoisotopic (exact) mass is 472 g/mol. The number of carbonyl (C=O) groups is 1. The minimum Gasteiger partial charge on any atom is -0.490 e. The molecule has 1 fully saturated rings. The van der Waals surface area contributed by atoms with Crippen molar-refractivity contribution in [1.82, 2.24) is 4.90 Å². The normalized spacial score (nSPS) is 18.5. The zero-order chi connectivity index (χ0) is 20.9. The summed E-state index contributed by atoms with van der Waals surface area (Å²) in [5.41, 5.74) is 3.20. The topological polar surface area (TPSA) is 61.8 Å². The van der Waals surface area contributed by atoms with Crippen molar-refractivity contribution in [3.8, 4) is 5.75 Å². The lowest BCUT2D eigenvalue weighted by Crippen LogP contribution is -2.41. The first kappa shape index (κ1) is 21.3. The van der Waals surface area contributed by atoms with E-state index in [4.69, 9.17) is 4.74 Å². The molecule has 1 amide bonds. The van der Waals surface area contributed by atoms with Crippen LogP contribution in [0.1, 0.15) is 30.4 Å².